The molecule has 0 saturated heterocycles. The summed E-state index contributed by atoms with van der Waals surface area (Å²) in [4.78, 5) is 16.9. The fraction of sp³-hybridized carbons (Fsp3) is 0.250. The molecule has 110 valence electrons. The summed E-state index contributed by atoms with van der Waals surface area (Å²) in [6.45, 7) is 2.43. The van der Waals surface area contributed by atoms with Gasteiger partial charge < -0.3 is 5.11 Å². The predicted octanol–water partition coefficient (Wildman–Crippen LogP) is 3.11. The van der Waals surface area contributed by atoms with Gasteiger partial charge in [0.1, 0.15) is 5.82 Å². The molecule has 1 N–H and O–H groups in total. The number of benzene rings is 1. The smallest absolute Gasteiger partial charge is 0.337 e. The fourth-order valence-corrected chi connectivity index (χ4v) is 2.09. The van der Waals surface area contributed by atoms with E-state index >= 15 is 0 Å². The van der Waals surface area contributed by atoms with Crippen molar-refractivity contribution in [1.82, 2.24) is 9.88 Å². The van der Waals surface area contributed by atoms with Gasteiger partial charge in [0.05, 0.1) is 11.3 Å². The Labute approximate surface area is 122 Å². The molecule has 1 aromatic carbocycles. The Kier molecular flexibility index (Phi) is 4.65. The fourth-order valence-electron chi connectivity index (χ4n) is 2.09. The van der Waals surface area contributed by atoms with Crippen molar-refractivity contribution in [3.63, 3.8) is 0 Å². The van der Waals surface area contributed by atoms with E-state index in [1.807, 2.05) is 24.9 Å². The number of carboxylic acid groups (broad SMARTS) is 1. The van der Waals surface area contributed by atoms with Crippen molar-refractivity contribution in [3.05, 3.63) is 65.2 Å². The molecule has 0 aliphatic carbocycles. The molecule has 21 heavy (non-hydrogen) atoms. The van der Waals surface area contributed by atoms with Gasteiger partial charge in [0.2, 0.25) is 0 Å². The molecule has 2 aromatic rings. The third kappa shape index (κ3) is 3.64. The van der Waals surface area contributed by atoms with Gasteiger partial charge in [-0.25, -0.2) is 9.18 Å². The van der Waals surface area contributed by atoms with E-state index < -0.39 is 5.97 Å². The average Bonchev–Trinajstić information content (AvgIpc) is 2.47. The largest absolute Gasteiger partial charge is 0.478 e. The quantitative estimate of drug-likeness (QED) is 0.918. The van der Waals surface area contributed by atoms with Crippen LogP contribution in [0, 0.1) is 5.82 Å². The van der Waals surface area contributed by atoms with Crippen LogP contribution in [-0.2, 0) is 6.54 Å². The molecule has 1 aromatic heterocycles. The molecular formula is C16H17FN2O2. The number of aromatic nitrogens is 1. The van der Waals surface area contributed by atoms with Gasteiger partial charge >= 0.3 is 5.97 Å². The second kappa shape index (κ2) is 6.45. The van der Waals surface area contributed by atoms with E-state index in [1.165, 1.54) is 18.3 Å². The molecule has 1 heterocycles. The number of carboxylic acids is 1. The molecule has 0 radical (unpaired) electrons. The Morgan fingerprint density at radius 2 is 2.05 bits per heavy atom. The number of nitrogens with zero attached hydrogens (tertiary/aromatic N) is 2. The number of hydrogen-bond donors (Lipinski definition) is 1. The van der Waals surface area contributed by atoms with Crippen molar-refractivity contribution in [3.8, 4) is 0 Å². The van der Waals surface area contributed by atoms with E-state index in [-0.39, 0.29) is 17.4 Å². The predicted molar refractivity (Wildman–Crippen MR) is 77.5 cm³/mol. The number of carbonyl (C=O) groups is 1. The Balaban J connectivity index is 2.08. The molecule has 0 aliphatic rings. The SMILES string of the molecule is CC(c1ccccc1F)N(C)Cc1ccc(C(=O)O)cn1. The summed E-state index contributed by atoms with van der Waals surface area (Å²) in [5.41, 5.74) is 1.52. The highest BCUT2D eigenvalue weighted by molar-refractivity contribution is 5.87. The zero-order valence-electron chi connectivity index (χ0n) is 12.0. The van der Waals surface area contributed by atoms with E-state index in [1.54, 1.807) is 18.2 Å². The monoisotopic (exact) mass is 288 g/mol. The Morgan fingerprint density at radius 3 is 2.62 bits per heavy atom. The van der Waals surface area contributed by atoms with Crippen LogP contribution >= 0.6 is 0 Å². The highest BCUT2D eigenvalue weighted by atomic mass is 19.1. The molecule has 1 unspecified atom stereocenters. The van der Waals surface area contributed by atoms with Gasteiger partial charge in [0.15, 0.2) is 0 Å². The molecule has 5 heteroatoms. The van der Waals surface area contributed by atoms with Gasteiger partial charge in [0, 0.05) is 24.3 Å². The molecule has 2 rings (SSSR count). The van der Waals surface area contributed by atoms with E-state index in [4.69, 9.17) is 5.11 Å². The lowest BCUT2D eigenvalue weighted by Gasteiger charge is -2.25. The highest BCUT2D eigenvalue weighted by Gasteiger charge is 2.16. The van der Waals surface area contributed by atoms with Crippen LogP contribution in [0.15, 0.2) is 42.6 Å². The summed E-state index contributed by atoms with van der Waals surface area (Å²) in [6.07, 6.45) is 1.33. The summed E-state index contributed by atoms with van der Waals surface area (Å²) >= 11 is 0. The molecule has 0 fully saturated rings. The number of halogens is 1. The standard InChI is InChI=1S/C16H17FN2O2/c1-11(14-5-3-4-6-15(14)17)19(2)10-13-8-7-12(9-18-13)16(20)21/h3-9,11H,10H2,1-2H3,(H,20,21). The van der Waals surface area contributed by atoms with Crippen LogP contribution in [0.25, 0.3) is 0 Å². The first-order chi connectivity index (χ1) is 9.99. The van der Waals surface area contributed by atoms with Crippen molar-refractivity contribution in [2.24, 2.45) is 0 Å². The van der Waals surface area contributed by atoms with Crippen LogP contribution in [-0.4, -0.2) is 28.0 Å². The normalized spacial score (nSPS) is 12.4. The van der Waals surface area contributed by atoms with Crippen LogP contribution in [0.1, 0.15) is 34.6 Å². The molecule has 4 nitrogen and oxygen atoms in total. The number of pyridine rings is 1. The van der Waals surface area contributed by atoms with Gasteiger partial charge in [-0.2, -0.15) is 0 Å². The van der Waals surface area contributed by atoms with E-state index in [2.05, 4.69) is 4.98 Å². The summed E-state index contributed by atoms with van der Waals surface area (Å²) in [6, 6.07) is 9.77. The van der Waals surface area contributed by atoms with Crippen molar-refractivity contribution in [2.45, 2.75) is 19.5 Å². The van der Waals surface area contributed by atoms with Crippen molar-refractivity contribution >= 4 is 5.97 Å². The molecule has 0 bridgehead atoms. The lowest BCUT2D eigenvalue weighted by molar-refractivity contribution is 0.0696. The molecular weight excluding hydrogens is 271 g/mol. The summed E-state index contributed by atoms with van der Waals surface area (Å²) < 4.78 is 13.8. The minimum atomic E-state index is -0.998. The maximum Gasteiger partial charge on any atom is 0.337 e. The summed E-state index contributed by atoms with van der Waals surface area (Å²) in [5.74, 6) is -1.23. The lowest BCUT2D eigenvalue weighted by Crippen LogP contribution is -2.23. The first-order valence-corrected chi connectivity index (χ1v) is 6.62. The van der Waals surface area contributed by atoms with Crippen LogP contribution in [0.4, 0.5) is 4.39 Å². The maximum absolute atomic E-state index is 13.8. The Hall–Kier alpha value is -2.27. The van der Waals surface area contributed by atoms with Gasteiger partial charge in [0.25, 0.3) is 0 Å². The third-order valence-electron chi connectivity index (χ3n) is 3.50. The van der Waals surface area contributed by atoms with Gasteiger partial charge in [-0.1, -0.05) is 18.2 Å². The number of aromatic carboxylic acids is 1. The number of rotatable bonds is 5. The average molecular weight is 288 g/mol. The molecule has 0 spiro atoms. The molecule has 1 atom stereocenters. The minimum absolute atomic E-state index is 0.104. The van der Waals surface area contributed by atoms with Crippen LogP contribution in [0.3, 0.4) is 0 Å². The zero-order chi connectivity index (χ0) is 15.4. The highest BCUT2D eigenvalue weighted by Crippen LogP contribution is 2.22. The summed E-state index contributed by atoms with van der Waals surface area (Å²) in [5, 5.41) is 8.83. The summed E-state index contributed by atoms with van der Waals surface area (Å²) in [7, 11) is 1.88. The lowest BCUT2D eigenvalue weighted by atomic mass is 10.1. The zero-order valence-corrected chi connectivity index (χ0v) is 12.0. The first kappa shape index (κ1) is 15.1. The second-order valence-corrected chi connectivity index (χ2v) is 4.96. The van der Waals surface area contributed by atoms with Crippen LogP contribution in [0.5, 0.6) is 0 Å². The third-order valence-corrected chi connectivity index (χ3v) is 3.50. The van der Waals surface area contributed by atoms with E-state index in [0.717, 1.165) is 5.69 Å². The Morgan fingerprint density at radius 1 is 1.33 bits per heavy atom. The first-order valence-electron chi connectivity index (χ1n) is 6.62. The molecule has 0 amide bonds. The van der Waals surface area contributed by atoms with Gasteiger partial charge in [-0.15, -0.1) is 0 Å². The Bertz CT molecular complexity index is 628. The van der Waals surface area contributed by atoms with Crippen LogP contribution < -0.4 is 0 Å². The van der Waals surface area contributed by atoms with Crippen molar-refractivity contribution < 1.29 is 14.3 Å². The second-order valence-electron chi connectivity index (χ2n) is 4.96. The molecule has 0 aliphatic heterocycles. The van der Waals surface area contributed by atoms with E-state index in [9.17, 15) is 9.18 Å². The van der Waals surface area contributed by atoms with Crippen molar-refractivity contribution in [1.29, 1.82) is 0 Å². The van der Waals surface area contributed by atoms with Crippen LogP contribution in [0.2, 0.25) is 0 Å². The topological polar surface area (TPSA) is 53.4 Å². The molecule has 0 saturated carbocycles. The number of hydrogen-bond acceptors (Lipinski definition) is 3. The van der Waals surface area contributed by atoms with Gasteiger partial charge in [-0.05, 0) is 32.2 Å². The minimum Gasteiger partial charge on any atom is -0.478 e. The van der Waals surface area contributed by atoms with E-state index in [0.29, 0.717) is 12.1 Å². The maximum atomic E-state index is 13.8. The van der Waals surface area contributed by atoms with Crippen molar-refractivity contribution in [2.75, 3.05) is 7.05 Å². The van der Waals surface area contributed by atoms with Gasteiger partial charge in [-0.3, -0.25) is 9.88 Å².